The molecule has 36 heavy (non-hydrogen) atoms. The topological polar surface area (TPSA) is 82.1 Å². The van der Waals surface area contributed by atoms with Gasteiger partial charge in [0.25, 0.3) is 0 Å². The van der Waals surface area contributed by atoms with Crippen molar-refractivity contribution in [3.05, 3.63) is 0 Å². The Balaban J connectivity index is 2.54. The quantitative estimate of drug-likeness (QED) is 0.122. The van der Waals surface area contributed by atoms with Crippen molar-refractivity contribution in [3.8, 4) is 0 Å². The predicted octanol–water partition coefficient (Wildman–Crippen LogP) is 5.37. The van der Waals surface area contributed by atoms with Crippen molar-refractivity contribution >= 4 is 23.8 Å². The molecular weight excluding hydrogens is 574 g/mol. The fourth-order valence-electron chi connectivity index (χ4n) is 3.61. The van der Waals surface area contributed by atoms with Gasteiger partial charge in [0.05, 0.1) is 12.0 Å². The van der Waals surface area contributed by atoms with Crippen molar-refractivity contribution < 1.29 is 90.4 Å². The zero-order valence-corrected chi connectivity index (χ0v) is 17.4. The average molecular weight is 584 g/mol. The lowest BCUT2D eigenvalue weighted by Gasteiger charge is -2.42. The van der Waals surface area contributed by atoms with Gasteiger partial charge >= 0.3 is 46.8 Å². The first-order valence-corrected chi connectivity index (χ1v) is 9.75. The molecule has 2 aliphatic rings. The molecule has 4 atom stereocenters. The van der Waals surface area contributed by atoms with Gasteiger partial charge in [-0.1, -0.05) is 5.04 Å². The van der Waals surface area contributed by atoms with Crippen LogP contribution in [0.5, 0.6) is 0 Å². The first kappa shape index (κ1) is 30.6. The zero-order chi connectivity index (χ0) is 28.3. The molecule has 21 heteroatoms. The van der Waals surface area contributed by atoms with Crippen LogP contribution in [-0.4, -0.2) is 63.9 Å². The highest BCUT2D eigenvalue weighted by Gasteiger charge is 2.94. The van der Waals surface area contributed by atoms with Gasteiger partial charge in [-0.25, -0.2) is 14.4 Å². The Labute approximate surface area is 193 Å². The summed E-state index contributed by atoms with van der Waals surface area (Å²) in [4.78, 5) is 24.0. The number of Topliss-reactive ketones (excluding diaryl/α,β-unsaturated/α-hetero) is 1. The van der Waals surface area contributed by atoms with Crippen LogP contribution in [0.15, 0.2) is 0 Å². The standard InChI is InChI=1S/C15H10F14O6S/c16-9(36-35-34-32,8(31)33-7-5-2-1-4(3-5)6(7)30)10(17,18)11(19,20)12(21,22)13(23,24)14(25,26)15(27,28)29/h4-5,7,32H,1-3H2. The summed E-state index contributed by atoms with van der Waals surface area (Å²) in [5, 5.41) is 4.28. The molecule has 2 aliphatic carbocycles. The molecule has 0 heterocycles. The van der Waals surface area contributed by atoms with Crippen molar-refractivity contribution in [3.63, 3.8) is 0 Å². The first-order valence-electron chi connectivity index (χ1n) is 9.01. The molecular formula is C15H10F14O6S. The molecule has 0 spiro atoms. The average Bonchev–Trinajstić information content (AvgIpc) is 3.33. The molecule has 0 aromatic carbocycles. The monoisotopic (exact) mass is 584 g/mol. The summed E-state index contributed by atoms with van der Waals surface area (Å²) < 4.78 is 196. The lowest BCUT2D eigenvalue weighted by Crippen LogP contribution is -2.73. The van der Waals surface area contributed by atoms with Crippen LogP contribution in [0, 0.1) is 11.8 Å². The van der Waals surface area contributed by atoms with Gasteiger partial charge in [-0.3, -0.25) is 4.79 Å². The highest BCUT2D eigenvalue weighted by molar-refractivity contribution is 7.96. The van der Waals surface area contributed by atoms with E-state index in [9.17, 15) is 71.1 Å². The maximum atomic E-state index is 15.0. The van der Waals surface area contributed by atoms with Gasteiger partial charge in [-0.15, -0.1) is 4.33 Å². The molecule has 0 aliphatic heterocycles. The molecule has 4 unspecified atom stereocenters. The number of fused-ring (bicyclic) bond motifs is 2. The largest absolute Gasteiger partial charge is 0.460 e. The van der Waals surface area contributed by atoms with Crippen LogP contribution in [0.1, 0.15) is 19.3 Å². The minimum atomic E-state index is -8.43. The lowest BCUT2D eigenvalue weighted by molar-refractivity contribution is -0.446. The smallest absolute Gasteiger partial charge is 0.451 e. The summed E-state index contributed by atoms with van der Waals surface area (Å²) in [5.41, 5.74) is 0. The number of ether oxygens (including phenoxy) is 1. The van der Waals surface area contributed by atoms with Gasteiger partial charge in [0.15, 0.2) is 11.9 Å². The molecule has 2 fully saturated rings. The van der Waals surface area contributed by atoms with Crippen molar-refractivity contribution in [2.24, 2.45) is 11.8 Å². The number of esters is 1. The van der Waals surface area contributed by atoms with Crippen LogP contribution >= 0.6 is 12.0 Å². The third-order valence-electron chi connectivity index (χ3n) is 5.60. The number of carbonyl (C=O) groups is 2. The summed E-state index contributed by atoms with van der Waals surface area (Å²) in [6, 6.07) is 0. The van der Waals surface area contributed by atoms with Gasteiger partial charge in [0, 0.05) is 11.8 Å². The second-order valence-electron chi connectivity index (χ2n) is 7.69. The number of halogens is 14. The first-order chi connectivity index (χ1) is 16.0. The van der Waals surface area contributed by atoms with E-state index < -0.39 is 82.5 Å². The number of carbonyl (C=O) groups excluding carboxylic acids is 2. The summed E-state index contributed by atoms with van der Waals surface area (Å²) in [6.45, 7) is 0. The fraction of sp³-hybridized carbons (Fsp3) is 0.867. The Morgan fingerprint density at radius 3 is 1.67 bits per heavy atom. The SMILES string of the molecule is O=C1C2CCC(C2)C1OC(=O)C(F)(SOOO)C(F)(F)C(F)(F)C(F)(F)C(F)(F)C(F)(F)C(F)(F)F. The molecule has 0 aromatic heterocycles. The highest BCUT2D eigenvalue weighted by Crippen LogP contribution is 2.63. The minimum absolute atomic E-state index is 0.0421. The molecule has 1 N–H and O–H groups in total. The lowest BCUT2D eigenvalue weighted by atomic mass is 9.91. The normalized spacial score (nSPS) is 25.8. The maximum Gasteiger partial charge on any atom is 0.460 e. The van der Waals surface area contributed by atoms with E-state index in [1.54, 1.807) is 0 Å². The van der Waals surface area contributed by atoms with Crippen molar-refractivity contribution in [1.29, 1.82) is 0 Å². The van der Waals surface area contributed by atoms with E-state index >= 15 is 0 Å². The Hall–Kier alpha value is -1.61. The van der Waals surface area contributed by atoms with Crippen LogP contribution < -0.4 is 0 Å². The van der Waals surface area contributed by atoms with E-state index in [4.69, 9.17) is 5.26 Å². The molecule has 2 rings (SSSR count). The van der Waals surface area contributed by atoms with Crippen LogP contribution in [0.4, 0.5) is 61.5 Å². The summed E-state index contributed by atoms with van der Waals surface area (Å²) >= 11 is -2.13. The predicted molar refractivity (Wildman–Crippen MR) is 82.7 cm³/mol. The van der Waals surface area contributed by atoms with E-state index in [2.05, 4.69) is 14.1 Å². The molecule has 2 bridgehead atoms. The fourth-order valence-corrected chi connectivity index (χ4v) is 4.08. The van der Waals surface area contributed by atoms with Crippen molar-refractivity contribution in [2.45, 2.75) is 66.2 Å². The summed E-state index contributed by atoms with van der Waals surface area (Å²) in [5.74, 6) is -47.1. The van der Waals surface area contributed by atoms with E-state index in [1.165, 1.54) is 0 Å². The van der Waals surface area contributed by atoms with Crippen LogP contribution in [0.3, 0.4) is 0 Å². The molecule has 0 radical (unpaired) electrons. The zero-order valence-electron chi connectivity index (χ0n) is 16.5. The summed E-state index contributed by atoms with van der Waals surface area (Å²) in [6.07, 6.45) is -9.68. The molecule has 0 saturated heterocycles. The van der Waals surface area contributed by atoms with E-state index in [0.29, 0.717) is 0 Å². The Morgan fingerprint density at radius 2 is 1.25 bits per heavy atom. The van der Waals surface area contributed by atoms with E-state index in [0.717, 1.165) is 0 Å². The third-order valence-corrected chi connectivity index (χ3v) is 6.38. The second-order valence-corrected chi connectivity index (χ2v) is 8.55. The second kappa shape index (κ2) is 9.00. The van der Waals surface area contributed by atoms with Crippen LogP contribution in [0.25, 0.3) is 0 Å². The number of hydrogen-bond acceptors (Lipinski definition) is 7. The Morgan fingerprint density at radius 1 is 0.778 bits per heavy atom. The van der Waals surface area contributed by atoms with Gasteiger partial charge in [-0.2, -0.15) is 57.1 Å². The Bertz CT molecular complexity index is 879. The Kier molecular flexibility index (Phi) is 7.65. The van der Waals surface area contributed by atoms with Crippen molar-refractivity contribution in [1.82, 2.24) is 0 Å². The number of rotatable bonds is 10. The minimum Gasteiger partial charge on any atom is -0.451 e. The third kappa shape index (κ3) is 4.08. The molecule has 2 saturated carbocycles. The molecule has 0 aromatic rings. The van der Waals surface area contributed by atoms with Crippen LogP contribution in [0.2, 0.25) is 0 Å². The number of hydrogen-bond donors (Lipinski definition) is 1. The van der Waals surface area contributed by atoms with E-state index in [-0.39, 0.29) is 19.3 Å². The van der Waals surface area contributed by atoms with Gasteiger partial charge in [0.1, 0.15) is 0 Å². The molecule has 210 valence electrons. The van der Waals surface area contributed by atoms with Gasteiger partial charge < -0.3 is 4.74 Å². The van der Waals surface area contributed by atoms with Gasteiger partial charge in [0.2, 0.25) is 0 Å². The number of alkyl halides is 14. The van der Waals surface area contributed by atoms with Crippen LogP contribution in [-0.2, 0) is 23.7 Å². The molecule has 0 amide bonds. The summed E-state index contributed by atoms with van der Waals surface area (Å²) in [7, 11) is 0. The van der Waals surface area contributed by atoms with Crippen molar-refractivity contribution in [2.75, 3.05) is 0 Å². The molecule has 6 nitrogen and oxygen atoms in total. The van der Waals surface area contributed by atoms with E-state index in [1.807, 2.05) is 0 Å². The highest BCUT2D eigenvalue weighted by atomic mass is 32.2. The maximum absolute atomic E-state index is 15.0. The number of ketones is 1. The van der Waals surface area contributed by atoms with Gasteiger partial charge in [-0.05, 0) is 19.3 Å².